The maximum atomic E-state index is 12.1. The first-order chi connectivity index (χ1) is 9.58. The molecular formula is C15H18ClNO3. The smallest absolute Gasteiger partial charge is 0.308 e. The molecule has 2 rings (SSSR count). The molecule has 1 aliphatic heterocycles. The van der Waals surface area contributed by atoms with E-state index in [0.29, 0.717) is 37.4 Å². The maximum Gasteiger partial charge on any atom is 0.308 e. The molecule has 108 valence electrons. The summed E-state index contributed by atoms with van der Waals surface area (Å²) in [6, 6.07) is 7.47. The van der Waals surface area contributed by atoms with Crippen LogP contribution in [0.4, 0.5) is 0 Å². The number of carbonyl (C=O) groups excluding carboxylic acids is 1. The number of aliphatic carboxylic acids is 1. The van der Waals surface area contributed by atoms with Crippen molar-refractivity contribution in [3.05, 3.63) is 34.9 Å². The van der Waals surface area contributed by atoms with Crippen LogP contribution < -0.4 is 0 Å². The molecule has 20 heavy (non-hydrogen) atoms. The van der Waals surface area contributed by atoms with Gasteiger partial charge in [-0.25, -0.2) is 0 Å². The summed E-state index contributed by atoms with van der Waals surface area (Å²) in [5.74, 6) is -1.22. The molecule has 0 bridgehead atoms. The molecule has 1 aliphatic rings. The zero-order chi connectivity index (χ0) is 14.5. The van der Waals surface area contributed by atoms with Gasteiger partial charge in [-0.1, -0.05) is 29.8 Å². The van der Waals surface area contributed by atoms with E-state index >= 15 is 0 Å². The van der Waals surface area contributed by atoms with Gasteiger partial charge in [-0.05, 0) is 30.9 Å². The molecule has 0 saturated carbocycles. The summed E-state index contributed by atoms with van der Waals surface area (Å²) in [4.78, 5) is 24.8. The van der Waals surface area contributed by atoms with Gasteiger partial charge in [0, 0.05) is 24.5 Å². The minimum absolute atomic E-state index is 0.0101. The number of hydrogen-bond donors (Lipinski definition) is 1. The zero-order valence-electron chi connectivity index (χ0n) is 11.2. The highest BCUT2D eigenvalue weighted by Crippen LogP contribution is 2.20. The Morgan fingerprint density at radius 3 is 2.80 bits per heavy atom. The number of carboxylic acid groups (broad SMARTS) is 1. The highest BCUT2D eigenvalue weighted by Gasteiger charge is 2.27. The number of rotatable bonds is 4. The molecule has 1 atom stereocenters. The van der Waals surface area contributed by atoms with Crippen LogP contribution in [-0.2, 0) is 16.0 Å². The number of likely N-dealkylation sites (tertiary alicyclic amines) is 1. The van der Waals surface area contributed by atoms with Crippen LogP contribution in [-0.4, -0.2) is 35.0 Å². The molecule has 1 N–H and O–H groups in total. The number of amides is 1. The Morgan fingerprint density at radius 2 is 2.10 bits per heavy atom. The third kappa shape index (κ3) is 3.73. The summed E-state index contributed by atoms with van der Waals surface area (Å²) < 4.78 is 0. The predicted octanol–water partition coefficient (Wildman–Crippen LogP) is 2.60. The molecule has 0 unspecified atom stereocenters. The Balaban J connectivity index is 1.89. The first-order valence-corrected chi connectivity index (χ1v) is 7.19. The summed E-state index contributed by atoms with van der Waals surface area (Å²) in [5.41, 5.74) is 0.953. The van der Waals surface area contributed by atoms with Crippen molar-refractivity contribution in [2.45, 2.75) is 25.7 Å². The summed E-state index contributed by atoms with van der Waals surface area (Å²) in [5, 5.41) is 9.70. The maximum absolute atomic E-state index is 12.1. The fourth-order valence-electron chi connectivity index (χ4n) is 2.51. The first-order valence-electron chi connectivity index (χ1n) is 6.82. The standard InChI is InChI=1S/C15H18ClNO3/c16-13-6-2-1-4-11(13)7-8-14(18)17-9-3-5-12(10-17)15(19)20/h1-2,4,6,12H,3,5,7-10H2,(H,19,20)/t12-/m1/s1. The van der Waals surface area contributed by atoms with Crippen LogP contribution in [0.15, 0.2) is 24.3 Å². The second-order valence-electron chi connectivity index (χ2n) is 5.11. The van der Waals surface area contributed by atoms with E-state index in [9.17, 15) is 9.59 Å². The number of carboxylic acids is 1. The number of benzene rings is 1. The van der Waals surface area contributed by atoms with E-state index in [1.165, 1.54) is 0 Å². The van der Waals surface area contributed by atoms with E-state index in [1.807, 2.05) is 24.3 Å². The van der Waals surface area contributed by atoms with Crippen molar-refractivity contribution in [3.8, 4) is 0 Å². The third-order valence-corrected chi connectivity index (χ3v) is 4.06. The summed E-state index contributed by atoms with van der Waals surface area (Å²) in [6.45, 7) is 0.988. The summed E-state index contributed by atoms with van der Waals surface area (Å²) in [6.07, 6.45) is 2.38. The second kappa shape index (κ2) is 6.75. The predicted molar refractivity (Wildman–Crippen MR) is 76.7 cm³/mol. The molecular weight excluding hydrogens is 278 g/mol. The molecule has 4 nitrogen and oxygen atoms in total. The number of aryl methyl sites for hydroxylation is 1. The van der Waals surface area contributed by atoms with Gasteiger partial charge in [0.1, 0.15) is 0 Å². The zero-order valence-corrected chi connectivity index (χ0v) is 12.0. The van der Waals surface area contributed by atoms with Crippen molar-refractivity contribution in [2.24, 2.45) is 5.92 Å². The molecule has 1 heterocycles. The third-order valence-electron chi connectivity index (χ3n) is 3.69. The average Bonchev–Trinajstić information content (AvgIpc) is 2.46. The summed E-state index contributed by atoms with van der Waals surface area (Å²) >= 11 is 6.06. The first kappa shape index (κ1) is 14.9. The van der Waals surface area contributed by atoms with Gasteiger partial charge in [0.15, 0.2) is 0 Å². The van der Waals surface area contributed by atoms with Crippen molar-refractivity contribution in [1.82, 2.24) is 4.90 Å². The fourth-order valence-corrected chi connectivity index (χ4v) is 2.74. The molecule has 0 aromatic heterocycles. The van der Waals surface area contributed by atoms with Crippen molar-refractivity contribution in [1.29, 1.82) is 0 Å². The van der Waals surface area contributed by atoms with Gasteiger partial charge >= 0.3 is 5.97 Å². The van der Waals surface area contributed by atoms with Crippen molar-refractivity contribution in [2.75, 3.05) is 13.1 Å². The van der Waals surface area contributed by atoms with Gasteiger partial charge in [-0.3, -0.25) is 9.59 Å². The van der Waals surface area contributed by atoms with E-state index in [4.69, 9.17) is 16.7 Å². The van der Waals surface area contributed by atoms with Gasteiger partial charge in [-0.2, -0.15) is 0 Å². The number of nitrogens with zero attached hydrogens (tertiary/aromatic N) is 1. The largest absolute Gasteiger partial charge is 0.481 e. The van der Waals surface area contributed by atoms with Crippen LogP contribution in [0.1, 0.15) is 24.8 Å². The summed E-state index contributed by atoms with van der Waals surface area (Å²) in [7, 11) is 0. The quantitative estimate of drug-likeness (QED) is 0.929. The van der Waals surface area contributed by atoms with Gasteiger partial charge in [0.25, 0.3) is 0 Å². The second-order valence-corrected chi connectivity index (χ2v) is 5.52. The monoisotopic (exact) mass is 295 g/mol. The van der Waals surface area contributed by atoms with Crippen LogP contribution in [0.3, 0.4) is 0 Å². The van der Waals surface area contributed by atoms with Crippen LogP contribution in [0.5, 0.6) is 0 Å². The Hall–Kier alpha value is -1.55. The van der Waals surface area contributed by atoms with E-state index in [1.54, 1.807) is 4.90 Å². The van der Waals surface area contributed by atoms with Crippen LogP contribution in [0.25, 0.3) is 0 Å². The molecule has 1 saturated heterocycles. The molecule has 1 aromatic rings. The lowest BCUT2D eigenvalue weighted by atomic mass is 9.97. The Bertz CT molecular complexity index is 504. The van der Waals surface area contributed by atoms with Crippen molar-refractivity contribution >= 4 is 23.5 Å². The lowest BCUT2D eigenvalue weighted by Gasteiger charge is -2.30. The van der Waals surface area contributed by atoms with Gasteiger partial charge in [-0.15, -0.1) is 0 Å². The lowest BCUT2D eigenvalue weighted by Crippen LogP contribution is -2.42. The van der Waals surface area contributed by atoms with E-state index < -0.39 is 11.9 Å². The number of halogens is 1. The van der Waals surface area contributed by atoms with E-state index in [0.717, 1.165) is 12.0 Å². The Morgan fingerprint density at radius 1 is 1.35 bits per heavy atom. The van der Waals surface area contributed by atoms with Gasteiger partial charge in [0.05, 0.1) is 5.92 Å². The minimum Gasteiger partial charge on any atom is -0.481 e. The average molecular weight is 296 g/mol. The normalized spacial score (nSPS) is 18.9. The Kier molecular flexibility index (Phi) is 5.01. The molecule has 1 amide bonds. The molecule has 5 heteroatoms. The van der Waals surface area contributed by atoms with E-state index in [2.05, 4.69) is 0 Å². The number of hydrogen-bond acceptors (Lipinski definition) is 2. The highest BCUT2D eigenvalue weighted by atomic mass is 35.5. The molecule has 1 aromatic carbocycles. The molecule has 0 aliphatic carbocycles. The topological polar surface area (TPSA) is 57.6 Å². The Labute approximate surface area is 123 Å². The minimum atomic E-state index is -0.811. The van der Waals surface area contributed by atoms with Crippen LogP contribution in [0.2, 0.25) is 5.02 Å². The van der Waals surface area contributed by atoms with Gasteiger partial charge < -0.3 is 10.0 Å². The van der Waals surface area contributed by atoms with Crippen LogP contribution >= 0.6 is 11.6 Å². The van der Waals surface area contributed by atoms with Crippen LogP contribution in [0, 0.1) is 5.92 Å². The highest BCUT2D eigenvalue weighted by molar-refractivity contribution is 6.31. The van der Waals surface area contributed by atoms with Crippen molar-refractivity contribution < 1.29 is 14.7 Å². The number of carbonyl (C=O) groups is 2. The SMILES string of the molecule is O=C(O)[C@@H]1CCCN(C(=O)CCc2ccccc2Cl)C1. The number of piperidine rings is 1. The van der Waals surface area contributed by atoms with Crippen molar-refractivity contribution in [3.63, 3.8) is 0 Å². The lowest BCUT2D eigenvalue weighted by molar-refractivity contribution is -0.145. The van der Waals surface area contributed by atoms with Gasteiger partial charge in [0.2, 0.25) is 5.91 Å². The fraction of sp³-hybridized carbons (Fsp3) is 0.467. The molecule has 1 fully saturated rings. The molecule has 0 radical (unpaired) electrons. The molecule has 0 spiro atoms. The van der Waals surface area contributed by atoms with E-state index in [-0.39, 0.29) is 5.91 Å².